The third-order valence-electron chi connectivity index (χ3n) is 3.69. The number of carbonyl (C=O) groups is 2. The van der Waals surface area contributed by atoms with Crippen LogP contribution in [0.25, 0.3) is 0 Å². The van der Waals surface area contributed by atoms with Crippen molar-refractivity contribution >= 4 is 11.9 Å². The molecule has 1 fully saturated rings. The first kappa shape index (κ1) is 15.4. The van der Waals surface area contributed by atoms with Crippen LogP contribution in [-0.4, -0.2) is 31.6 Å². The Labute approximate surface area is 124 Å². The average molecular weight is 291 g/mol. The third-order valence-corrected chi connectivity index (χ3v) is 3.69. The van der Waals surface area contributed by atoms with Gasteiger partial charge in [-0.2, -0.15) is 0 Å². The minimum Gasteiger partial charge on any atom is -0.483 e. The van der Waals surface area contributed by atoms with E-state index in [9.17, 15) is 9.59 Å². The van der Waals surface area contributed by atoms with E-state index >= 15 is 0 Å². The fourth-order valence-electron chi connectivity index (χ4n) is 2.15. The number of esters is 1. The summed E-state index contributed by atoms with van der Waals surface area (Å²) in [5, 5.41) is 2.92. The van der Waals surface area contributed by atoms with Crippen molar-refractivity contribution in [3.8, 4) is 5.75 Å². The van der Waals surface area contributed by atoms with Gasteiger partial charge in [-0.15, -0.1) is 0 Å². The van der Waals surface area contributed by atoms with Crippen molar-refractivity contribution in [1.82, 2.24) is 5.32 Å². The Bertz CT molecular complexity index is 537. The van der Waals surface area contributed by atoms with E-state index in [1.165, 1.54) is 20.0 Å². The number of carbonyl (C=O) groups excluding carboxylic acids is 2. The monoisotopic (exact) mass is 291 g/mol. The smallest absolute Gasteiger partial charge is 0.337 e. The number of hydrogen-bond donors (Lipinski definition) is 1. The molecule has 0 aromatic heterocycles. The predicted octanol–water partition coefficient (Wildman–Crippen LogP) is 2.08. The number of nitrogens with one attached hydrogen (secondary N) is 1. The molecule has 21 heavy (non-hydrogen) atoms. The van der Waals surface area contributed by atoms with Crippen LogP contribution in [0.3, 0.4) is 0 Å². The fourth-order valence-corrected chi connectivity index (χ4v) is 2.15. The lowest BCUT2D eigenvalue weighted by atomic mass is 10.1. The molecule has 1 aliphatic carbocycles. The molecule has 0 unspecified atom stereocenters. The number of rotatable bonds is 6. The summed E-state index contributed by atoms with van der Waals surface area (Å²) in [5.41, 5.74) is 1.27. The number of benzene rings is 1. The molecule has 114 valence electrons. The van der Waals surface area contributed by atoms with E-state index in [1.807, 2.05) is 13.8 Å². The Morgan fingerprint density at radius 1 is 1.38 bits per heavy atom. The summed E-state index contributed by atoms with van der Waals surface area (Å²) in [6, 6.07) is 5.23. The van der Waals surface area contributed by atoms with Gasteiger partial charge in [-0.3, -0.25) is 4.79 Å². The van der Waals surface area contributed by atoms with Crippen LogP contribution in [0.2, 0.25) is 0 Å². The van der Waals surface area contributed by atoms with E-state index in [1.54, 1.807) is 18.2 Å². The maximum absolute atomic E-state index is 11.8. The molecule has 1 aromatic carbocycles. The summed E-state index contributed by atoms with van der Waals surface area (Å²) in [6.45, 7) is 3.82. The van der Waals surface area contributed by atoms with Gasteiger partial charge in [-0.25, -0.2) is 4.79 Å². The van der Waals surface area contributed by atoms with Crippen molar-refractivity contribution in [3.63, 3.8) is 0 Å². The second-order valence-corrected chi connectivity index (χ2v) is 5.45. The maximum atomic E-state index is 11.8. The van der Waals surface area contributed by atoms with Crippen LogP contribution in [0.1, 0.15) is 35.7 Å². The lowest BCUT2D eigenvalue weighted by Gasteiger charge is -2.14. The van der Waals surface area contributed by atoms with Gasteiger partial charge in [0.05, 0.1) is 12.7 Å². The quantitative estimate of drug-likeness (QED) is 0.815. The van der Waals surface area contributed by atoms with E-state index < -0.39 is 5.97 Å². The van der Waals surface area contributed by atoms with Crippen molar-refractivity contribution in [3.05, 3.63) is 29.3 Å². The molecule has 1 atom stereocenters. The van der Waals surface area contributed by atoms with Gasteiger partial charge in [0.15, 0.2) is 6.61 Å². The minimum atomic E-state index is -0.424. The molecule has 0 spiro atoms. The molecular weight excluding hydrogens is 270 g/mol. The average Bonchev–Trinajstić information content (AvgIpc) is 3.30. The van der Waals surface area contributed by atoms with Gasteiger partial charge in [-0.1, -0.05) is 6.07 Å². The highest BCUT2D eigenvalue weighted by atomic mass is 16.5. The van der Waals surface area contributed by atoms with E-state index in [0.29, 0.717) is 17.2 Å². The number of aryl methyl sites for hydroxylation is 1. The van der Waals surface area contributed by atoms with Gasteiger partial charge < -0.3 is 14.8 Å². The van der Waals surface area contributed by atoms with Gasteiger partial charge in [0.1, 0.15) is 5.75 Å². The Kier molecular flexibility index (Phi) is 4.83. The first-order valence-corrected chi connectivity index (χ1v) is 7.12. The Balaban J connectivity index is 1.92. The molecule has 1 N–H and O–H groups in total. The summed E-state index contributed by atoms with van der Waals surface area (Å²) in [5.74, 6) is 0.564. The van der Waals surface area contributed by atoms with Gasteiger partial charge >= 0.3 is 5.97 Å². The summed E-state index contributed by atoms with van der Waals surface area (Å²) in [4.78, 5) is 23.3. The zero-order valence-electron chi connectivity index (χ0n) is 12.6. The van der Waals surface area contributed by atoms with Crippen LogP contribution >= 0.6 is 0 Å². The summed E-state index contributed by atoms with van der Waals surface area (Å²) < 4.78 is 10.2. The molecule has 1 saturated carbocycles. The van der Waals surface area contributed by atoms with Gasteiger partial charge in [0.25, 0.3) is 5.91 Å². The molecule has 0 aliphatic heterocycles. The lowest BCUT2D eigenvalue weighted by Crippen LogP contribution is -2.37. The van der Waals surface area contributed by atoms with Crippen molar-refractivity contribution in [2.75, 3.05) is 13.7 Å². The van der Waals surface area contributed by atoms with Crippen molar-refractivity contribution in [2.45, 2.75) is 32.7 Å². The van der Waals surface area contributed by atoms with E-state index in [-0.39, 0.29) is 18.6 Å². The molecule has 0 bridgehead atoms. The van der Waals surface area contributed by atoms with Crippen LogP contribution in [0, 0.1) is 12.8 Å². The molecule has 5 nitrogen and oxygen atoms in total. The third kappa shape index (κ3) is 4.21. The van der Waals surface area contributed by atoms with Crippen LogP contribution < -0.4 is 10.1 Å². The number of hydrogen-bond acceptors (Lipinski definition) is 4. The fraction of sp³-hybridized carbons (Fsp3) is 0.500. The Morgan fingerprint density at radius 2 is 2.10 bits per heavy atom. The second-order valence-electron chi connectivity index (χ2n) is 5.45. The standard InChI is InChI=1S/C16H21NO4/c1-10-4-5-13(16(19)20-3)8-14(10)21-9-15(18)17-11(2)12-6-7-12/h4-5,8,11-12H,6-7,9H2,1-3H3,(H,17,18)/t11-/m0/s1. The summed E-state index contributed by atoms with van der Waals surface area (Å²) in [6.07, 6.45) is 2.37. The molecule has 0 saturated heterocycles. The van der Waals surface area contributed by atoms with Crippen molar-refractivity contribution in [2.24, 2.45) is 5.92 Å². The minimum absolute atomic E-state index is 0.0530. The summed E-state index contributed by atoms with van der Waals surface area (Å²) >= 11 is 0. The Morgan fingerprint density at radius 3 is 2.71 bits per heavy atom. The zero-order valence-corrected chi connectivity index (χ0v) is 12.6. The number of methoxy groups -OCH3 is 1. The predicted molar refractivity (Wildman–Crippen MR) is 78.3 cm³/mol. The molecule has 1 aliphatic rings. The molecular formula is C16H21NO4. The van der Waals surface area contributed by atoms with Crippen LogP contribution in [0.15, 0.2) is 18.2 Å². The second kappa shape index (κ2) is 6.61. The van der Waals surface area contributed by atoms with Crippen molar-refractivity contribution in [1.29, 1.82) is 0 Å². The first-order chi connectivity index (χ1) is 10.0. The zero-order chi connectivity index (χ0) is 15.4. The number of ether oxygens (including phenoxy) is 2. The van der Waals surface area contributed by atoms with Crippen molar-refractivity contribution < 1.29 is 19.1 Å². The van der Waals surface area contributed by atoms with Crippen LogP contribution in [0.4, 0.5) is 0 Å². The molecule has 2 rings (SSSR count). The van der Waals surface area contributed by atoms with Gasteiger partial charge in [0, 0.05) is 6.04 Å². The highest BCUT2D eigenvalue weighted by Crippen LogP contribution is 2.32. The molecule has 1 aromatic rings. The first-order valence-electron chi connectivity index (χ1n) is 7.12. The van der Waals surface area contributed by atoms with Crippen LogP contribution in [0.5, 0.6) is 5.75 Å². The SMILES string of the molecule is COC(=O)c1ccc(C)c(OCC(=O)N[C@@H](C)C2CC2)c1. The maximum Gasteiger partial charge on any atom is 0.337 e. The molecule has 5 heteroatoms. The molecule has 1 amide bonds. The lowest BCUT2D eigenvalue weighted by molar-refractivity contribution is -0.123. The van der Waals surface area contributed by atoms with E-state index in [0.717, 1.165) is 5.56 Å². The van der Waals surface area contributed by atoms with E-state index in [4.69, 9.17) is 4.74 Å². The highest BCUT2D eigenvalue weighted by molar-refractivity contribution is 5.90. The van der Waals surface area contributed by atoms with Gasteiger partial charge in [0.2, 0.25) is 0 Å². The summed E-state index contributed by atoms with van der Waals surface area (Å²) in [7, 11) is 1.33. The topological polar surface area (TPSA) is 64.6 Å². The molecule has 0 heterocycles. The van der Waals surface area contributed by atoms with E-state index in [2.05, 4.69) is 10.1 Å². The van der Waals surface area contributed by atoms with Gasteiger partial charge in [-0.05, 0) is 50.3 Å². The molecule has 0 radical (unpaired) electrons. The normalized spacial score (nSPS) is 15.2. The van der Waals surface area contributed by atoms with Crippen LogP contribution in [-0.2, 0) is 9.53 Å². The number of amides is 1. The highest BCUT2D eigenvalue weighted by Gasteiger charge is 2.28. The largest absolute Gasteiger partial charge is 0.483 e. The Hall–Kier alpha value is -2.04.